The van der Waals surface area contributed by atoms with Crippen LogP contribution in [0.5, 0.6) is 0 Å². The van der Waals surface area contributed by atoms with Crippen LogP contribution in [0.15, 0.2) is 0 Å². The van der Waals surface area contributed by atoms with E-state index in [1.807, 2.05) is 4.90 Å². The lowest BCUT2D eigenvalue weighted by molar-refractivity contribution is -0.133. The summed E-state index contributed by atoms with van der Waals surface area (Å²) in [7, 11) is 0. The summed E-state index contributed by atoms with van der Waals surface area (Å²) in [6, 6.07) is 0. The van der Waals surface area contributed by atoms with Crippen LogP contribution in [0.1, 0.15) is 51.9 Å². The lowest BCUT2D eigenvalue weighted by Crippen LogP contribution is -2.49. The van der Waals surface area contributed by atoms with Gasteiger partial charge in [-0.1, -0.05) is 39.0 Å². The largest absolute Gasteiger partial charge is 0.347 e. The van der Waals surface area contributed by atoms with Gasteiger partial charge in [0.2, 0.25) is 11.8 Å². The highest BCUT2D eigenvalue weighted by molar-refractivity contribution is 5.84. The van der Waals surface area contributed by atoms with E-state index in [1.54, 1.807) is 0 Å². The summed E-state index contributed by atoms with van der Waals surface area (Å²) in [6.45, 7) is 5.52. The summed E-state index contributed by atoms with van der Waals surface area (Å²) < 4.78 is 0. The molecule has 0 aromatic carbocycles. The maximum atomic E-state index is 11.8. The molecule has 20 heavy (non-hydrogen) atoms. The van der Waals surface area contributed by atoms with Gasteiger partial charge in [-0.25, -0.2) is 0 Å². The van der Waals surface area contributed by atoms with Crippen LogP contribution in [0, 0.1) is 0 Å². The molecule has 0 aliphatic carbocycles. The molecule has 1 rings (SSSR count). The number of hydrogen-bond acceptors (Lipinski definition) is 3. The second-order valence-corrected chi connectivity index (χ2v) is 5.43. The first-order valence-corrected chi connectivity index (χ1v) is 7.99. The molecule has 1 heterocycles. The number of nitrogens with zero attached hydrogens (tertiary/aromatic N) is 1. The van der Waals surface area contributed by atoms with Gasteiger partial charge in [-0.2, -0.15) is 0 Å². The van der Waals surface area contributed by atoms with Gasteiger partial charge in [0.25, 0.3) is 0 Å². The van der Waals surface area contributed by atoms with Crippen molar-refractivity contribution in [2.24, 2.45) is 0 Å². The van der Waals surface area contributed by atoms with E-state index in [1.165, 1.54) is 25.7 Å². The Kier molecular flexibility index (Phi) is 9.04. The van der Waals surface area contributed by atoms with Crippen molar-refractivity contribution >= 4 is 11.8 Å². The summed E-state index contributed by atoms with van der Waals surface area (Å²) in [5, 5.41) is 5.93. The number of piperazine rings is 1. The number of rotatable bonds is 9. The van der Waals surface area contributed by atoms with Crippen LogP contribution >= 0.6 is 0 Å². The van der Waals surface area contributed by atoms with Crippen LogP contribution in [0.4, 0.5) is 0 Å². The topological polar surface area (TPSA) is 61.4 Å². The predicted octanol–water partition coefficient (Wildman–Crippen LogP) is 1.29. The molecule has 0 spiro atoms. The van der Waals surface area contributed by atoms with E-state index < -0.39 is 0 Å². The molecular formula is C15H29N3O2. The van der Waals surface area contributed by atoms with Gasteiger partial charge < -0.3 is 15.5 Å². The van der Waals surface area contributed by atoms with E-state index in [2.05, 4.69) is 17.6 Å². The van der Waals surface area contributed by atoms with Gasteiger partial charge in [0.15, 0.2) is 0 Å². The Morgan fingerprint density at radius 2 is 1.70 bits per heavy atom. The Morgan fingerprint density at radius 1 is 1.05 bits per heavy atom. The third-order valence-corrected chi connectivity index (χ3v) is 3.66. The first kappa shape index (κ1) is 17.0. The zero-order valence-electron chi connectivity index (χ0n) is 12.7. The lowest BCUT2D eigenvalue weighted by atomic mass is 10.1. The first-order valence-electron chi connectivity index (χ1n) is 7.99. The van der Waals surface area contributed by atoms with Crippen LogP contribution in [0.25, 0.3) is 0 Å². The Morgan fingerprint density at radius 3 is 2.40 bits per heavy atom. The average Bonchev–Trinajstić information content (AvgIpc) is 2.49. The minimum atomic E-state index is 0.00368. The standard InChI is InChI=1S/C15H29N3O2/c1-2-3-4-5-6-7-8-14(19)17-13-15(20)18-11-9-16-10-12-18/h16H,2-13H2,1H3,(H,17,19). The lowest BCUT2D eigenvalue weighted by Gasteiger charge is -2.27. The molecule has 1 fully saturated rings. The number of amides is 2. The highest BCUT2D eigenvalue weighted by Crippen LogP contribution is 2.06. The fourth-order valence-electron chi connectivity index (χ4n) is 2.35. The second-order valence-electron chi connectivity index (χ2n) is 5.43. The van der Waals surface area contributed by atoms with Gasteiger partial charge in [0.05, 0.1) is 6.54 Å². The van der Waals surface area contributed by atoms with Gasteiger partial charge in [0.1, 0.15) is 0 Å². The van der Waals surface area contributed by atoms with Crippen molar-refractivity contribution in [3.8, 4) is 0 Å². The van der Waals surface area contributed by atoms with Gasteiger partial charge in [-0.3, -0.25) is 9.59 Å². The molecule has 1 aliphatic heterocycles. The van der Waals surface area contributed by atoms with Crippen LogP contribution in [0.2, 0.25) is 0 Å². The SMILES string of the molecule is CCCCCCCCC(=O)NCC(=O)N1CCNCC1. The number of unbranched alkanes of at least 4 members (excludes halogenated alkanes) is 5. The quantitative estimate of drug-likeness (QED) is 0.627. The van der Waals surface area contributed by atoms with Gasteiger partial charge in [-0.15, -0.1) is 0 Å². The van der Waals surface area contributed by atoms with Crippen LogP contribution in [-0.2, 0) is 9.59 Å². The van der Waals surface area contributed by atoms with Crippen LogP contribution in [0.3, 0.4) is 0 Å². The normalized spacial score (nSPS) is 15.2. The summed E-state index contributed by atoms with van der Waals surface area (Å²) in [5.74, 6) is 0.0340. The van der Waals surface area contributed by atoms with E-state index >= 15 is 0 Å². The zero-order valence-corrected chi connectivity index (χ0v) is 12.7. The van der Waals surface area contributed by atoms with Crippen LogP contribution < -0.4 is 10.6 Å². The predicted molar refractivity (Wildman–Crippen MR) is 80.5 cm³/mol. The number of nitrogens with one attached hydrogen (secondary N) is 2. The van der Waals surface area contributed by atoms with Crippen molar-refractivity contribution in [2.75, 3.05) is 32.7 Å². The van der Waals surface area contributed by atoms with Crippen molar-refractivity contribution in [2.45, 2.75) is 51.9 Å². The molecule has 116 valence electrons. The molecule has 5 nitrogen and oxygen atoms in total. The van der Waals surface area contributed by atoms with Gasteiger partial charge >= 0.3 is 0 Å². The molecule has 2 amide bonds. The van der Waals surface area contributed by atoms with Crippen molar-refractivity contribution in [1.82, 2.24) is 15.5 Å². The Bertz CT molecular complexity index is 289. The minimum Gasteiger partial charge on any atom is -0.347 e. The van der Waals surface area contributed by atoms with Crippen molar-refractivity contribution < 1.29 is 9.59 Å². The van der Waals surface area contributed by atoms with Gasteiger partial charge in [-0.05, 0) is 6.42 Å². The Labute approximate surface area is 122 Å². The highest BCUT2D eigenvalue weighted by atomic mass is 16.2. The molecule has 1 saturated heterocycles. The molecule has 1 aliphatic rings. The van der Waals surface area contributed by atoms with E-state index in [-0.39, 0.29) is 18.4 Å². The van der Waals surface area contributed by atoms with Crippen molar-refractivity contribution in [3.63, 3.8) is 0 Å². The molecule has 5 heteroatoms. The molecule has 0 aromatic heterocycles. The fraction of sp³-hybridized carbons (Fsp3) is 0.867. The number of carbonyl (C=O) groups is 2. The number of carbonyl (C=O) groups excluding carboxylic acids is 2. The summed E-state index contributed by atoms with van der Waals surface area (Å²) in [4.78, 5) is 25.3. The molecule has 0 saturated carbocycles. The Balaban J connectivity index is 2.00. The molecule has 2 N–H and O–H groups in total. The third-order valence-electron chi connectivity index (χ3n) is 3.66. The molecule has 0 radical (unpaired) electrons. The molecule has 0 atom stereocenters. The summed E-state index contributed by atoms with van der Waals surface area (Å²) in [5.41, 5.74) is 0. The van der Waals surface area contributed by atoms with Crippen molar-refractivity contribution in [3.05, 3.63) is 0 Å². The third kappa shape index (κ3) is 7.48. The molecular weight excluding hydrogens is 254 g/mol. The van der Waals surface area contributed by atoms with Crippen LogP contribution in [-0.4, -0.2) is 49.4 Å². The first-order chi connectivity index (χ1) is 9.74. The zero-order chi connectivity index (χ0) is 14.6. The van der Waals surface area contributed by atoms with Crippen molar-refractivity contribution in [1.29, 1.82) is 0 Å². The van der Waals surface area contributed by atoms with E-state index in [0.717, 1.165) is 39.0 Å². The van der Waals surface area contributed by atoms with Gasteiger partial charge in [0, 0.05) is 32.6 Å². The molecule has 0 unspecified atom stereocenters. The maximum absolute atomic E-state index is 11.8. The van der Waals surface area contributed by atoms with E-state index in [9.17, 15) is 9.59 Å². The monoisotopic (exact) mass is 283 g/mol. The summed E-state index contributed by atoms with van der Waals surface area (Å²) in [6.07, 6.45) is 7.58. The maximum Gasteiger partial charge on any atom is 0.242 e. The highest BCUT2D eigenvalue weighted by Gasteiger charge is 2.16. The smallest absolute Gasteiger partial charge is 0.242 e. The Hall–Kier alpha value is -1.10. The second kappa shape index (κ2) is 10.7. The molecule has 0 bridgehead atoms. The average molecular weight is 283 g/mol. The minimum absolute atomic E-state index is 0.00368. The number of hydrogen-bond donors (Lipinski definition) is 2. The fourth-order valence-corrected chi connectivity index (χ4v) is 2.35. The summed E-state index contributed by atoms with van der Waals surface area (Å²) >= 11 is 0. The molecule has 0 aromatic rings. The van der Waals surface area contributed by atoms with E-state index in [4.69, 9.17) is 0 Å². The van der Waals surface area contributed by atoms with E-state index in [0.29, 0.717) is 6.42 Å².